The maximum absolute atomic E-state index is 10.6. The van der Waals surface area contributed by atoms with Crippen molar-refractivity contribution in [2.24, 2.45) is 5.73 Å². The van der Waals surface area contributed by atoms with Crippen molar-refractivity contribution in [1.29, 1.82) is 0 Å². The molecule has 4 nitrogen and oxygen atoms in total. The lowest BCUT2D eigenvalue weighted by Gasteiger charge is -2.19. The lowest BCUT2D eigenvalue weighted by atomic mass is 9.90. The summed E-state index contributed by atoms with van der Waals surface area (Å²) >= 11 is 0. The lowest BCUT2D eigenvalue weighted by Crippen LogP contribution is -2.15. The summed E-state index contributed by atoms with van der Waals surface area (Å²) in [5.41, 5.74) is 9.27. The molecule has 0 heterocycles. The summed E-state index contributed by atoms with van der Waals surface area (Å²) in [5, 5.41) is 18.8. The van der Waals surface area contributed by atoms with Crippen LogP contribution in [0.25, 0.3) is 0 Å². The molecule has 1 aliphatic rings. The summed E-state index contributed by atoms with van der Waals surface area (Å²) in [6, 6.07) is 3.27. The van der Waals surface area contributed by atoms with E-state index < -0.39 is 12.0 Å². The number of carboxylic acid groups (broad SMARTS) is 1. The quantitative estimate of drug-likeness (QED) is 0.729. The summed E-state index contributed by atoms with van der Waals surface area (Å²) in [6.45, 7) is 0. The highest BCUT2D eigenvalue weighted by Gasteiger charge is 2.20. The number of aromatic hydroxyl groups is 1. The Kier molecular flexibility index (Phi) is 4.43. The molecule has 0 saturated heterocycles. The molecule has 0 spiro atoms. The molecule has 2 rings (SSSR count). The fraction of sp³-hybridized carbons (Fsp3) is 0.533. The number of aryl methyl sites for hydroxylation is 1. The van der Waals surface area contributed by atoms with Crippen molar-refractivity contribution in [3.05, 3.63) is 28.8 Å². The first-order valence-electron chi connectivity index (χ1n) is 6.90. The van der Waals surface area contributed by atoms with Gasteiger partial charge < -0.3 is 15.9 Å². The third-order valence-corrected chi connectivity index (χ3v) is 3.84. The molecule has 1 aromatic rings. The van der Waals surface area contributed by atoms with Crippen LogP contribution in [-0.2, 0) is 17.6 Å². The van der Waals surface area contributed by atoms with Crippen LogP contribution in [0, 0.1) is 0 Å². The van der Waals surface area contributed by atoms with E-state index in [9.17, 15) is 9.90 Å². The number of phenols is 1. The van der Waals surface area contributed by atoms with E-state index in [1.165, 1.54) is 18.4 Å². The lowest BCUT2D eigenvalue weighted by molar-refractivity contribution is -0.137. The van der Waals surface area contributed by atoms with Gasteiger partial charge in [-0.2, -0.15) is 0 Å². The molecule has 0 bridgehead atoms. The Morgan fingerprint density at radius 3 is 2.74 bits per heavy atom. The number of benzene rings is 1. The minimum Gasteiger partial charge on any atom is -0.508 e. The van der Waals surface area contributed by atoms with E-state index >= 15 is 0 Å². The highest BCUT2D eigenvalue weighted by Crippen LogP contribution is 2.34. The highest BCUT2D eigenvalue weighted by atomic mass is 16.4. The molecule has 19 heavy (non-hydrogen) atoms. The molecule has 1 atom stereocenters. The predicted octanol–water partition coefficient (Wildman–Crippen LogP) is 2.53. The van der Waals surface area contributed by atoms with E-state index in [4.69, 9.17) is 10.8 Å². The summed E-state index contributed by atoms with van der Waals surface area (Å²) in [4.78, 5) is 10.6. The van der Waals surface area contributed by atoms with Crippen molar-refractivity contribution >= 4 is 5.97 Å². The van der Waals surface area contributed by atoms with Crippen LogP contribution >= 0.6 is 0 Å². The number of aliphatic carboxylic acids is 1. The molecule has 1 aromatic carbocycles. The number of hydrogen-bond acceptors (Lipinski definition) is 3. The summed E-state index contributed by atoms with van der Waals surface area (Å²) in [5.74, 6) is -0.643. The van der Waals surface area contributed by atoms with Gasteiger partial charge in [0.05, 0.1) is 0 Å². The number of fused-ring (bicyclic) bond motifs is 1. The molecule has 104 valence electrons. The standard InChI is InChI=1S/C15H21NO3/c16-12(7-9-14(18)19)15-11-5-3-1-2-4-10(11)6-8-13(15)17/h6,8,12,17H,1-5,7,9,16H2,(H,18,19). The second-order valence-corrected chi connectivity index (χ2v) is 5.24. The summed E-state index contributed by atoms with van der Waals surface area (Å²) in [6.07, 6.45) is 5.81. The van der Waals surface area contributed by atoms with Crippen molar-refractivity contribution < 1.29 is 15.0 Å². The third-order valence-electron chi connectivity index (χ3n) is 3.84. The zero-order chi connectivity index (χ0) is 13.8. The van der Waals surface area contributed by atoms with E-state index in [0.29, 0.717) is 6.42 Å². The van der Waals surface area contributed by atoms with Gasteiger partial charge in [0.25, 0.3) is 0 Å². The minimum atomic E-state index is -0.850. The maximum Gasteiger partial charge on any atom is 0.303 e. The number of carbonyl (C=O) groups is 1. The monoisotopic (exact) mass is 263 g/mol. The molecule has 0 amide bonds. The van der Waals surface area contributed by atoms with Gasteiger partial charge in [-0.15, -0.1) is 0 Å². The number of carboxylic acids is 1. The van der Waals surface area contributed by atoms with Gasteiger partial charge in [0.15, 0.2) is 0 Å². The Morgan fingerprint density at radius 1 is 1.26 bits per heavy atom. The fourth-order valence-electron chi connectivity index (χ4n) is 2.86. The average molecular weight is 263 g/mol. The predicted molar refractivity (Wildman–Crippen MR) is 73.2 cm³/mol. The molecule has 1 unspecified atom stereocenters. The molecule has 0 aromatic heterocycles. The zero-order valence-electron chi connectivity index (χ0n) is 11.1. The van der Waals surface area contributed by atoms with Crippen LogP contribution < -0.4 is 5.73 Å². The van der Waals surface area contributed by atoms with Crippen molar-refractivity contribution in [2.75, 3.05) is 0 Å². The van der Waals surface area contributed by atoms with Crippen molar-refractivity contribution in [3.8, 4) is 5.75 Å². The van der Waals surface area contributed by atoms with Gasteiger partial charge in [0.1, 0.15) is 5.75 Å². The van der Waals surface area contributed by atoms with Gasteiger partial charge in [-0.25, -0.2) is 0 Å². The van der Waals surface area contributed by atoms with Gasteiger partial charge in [0, 0.05) is 18.0 Å². The van der Waals surface area contributed by atoms with Crippen molar-refractivity contribution in [2.45, 2.75) is 51.0 Å². The Bertz CT molecular complexity index is 471. The molecular weight excluding hydrogens is 242 g/mol. The van der Waals surface area contributed by atoms with Crippen LogP contribution in [0.5, 0.6) is 5.75 Å². The fourth-order valence-corrected chi connectivity index (χ4v) is 2.86. The highest BCUT2D eigenvalue weighted by molar-refractivity contribution is 5.66. The average Bonchev–Trinajstić information content (AvgIpc) is 2.61. The van der Waals surface area contributed by atoms with E-state index in [-0.39, 0.29) is 12.2 Å². The third kappa shape index (κ3) is 3.26. The topological polar surface area (TPSA) is 83.6 Å². The van der Waals surface area contributed by atoms with Crippen molar-refractivity contribution in [1.82, 2.24) is 0 Å². The zero-order valence-corrected chi connectivity index (χ0v) is 11.1. The Labute approximate surface area is 113 Å². The van der Waals surface area contributed by atoms with Gasteiger partial charge in [0.2, 0.25) is 0 Å². The van der Waals surface area contributed by atoms with Crippen LogP contribution in [0.2, 0.25) is 0 Å². The van der Waals surface area contributed by atoms with Crippen LogP contribution in [0.1, 0.15) is 54.8 Å². The Balaban J connectivity index is 2.29. The van der Waals surface area contributed by atoms with Gasteiger partial charge in [-0.05, 0) is 49.3 Å². The second-order valence-electron chi connectivity index (χ2n) is 5.24. The van der Waals surface area contributed by atoms with Gasteiger partial charge in [-0.3, -0.25) is 4.79 Å². The Morgan fingerprint density at radius 2 is 2.00 bits per heavy atom. The summed E-state index contributed by atoms with van der Waals surface area (Å²) in [7, 11) is 0. The molecule has 4 heteroatoms. The van der Waals surface area contributed by atoms with Crippen molar-refractivity contribution in [3.63, 3.8) is 0 Å². The number of hydrogen-bond donors (Lipinski definition) is 3. The SMILES string of the molecule is NC(CCC(=O)O)c1c(O)ccc2c1CCCCC2. The smallest absolute Gasteiger partial charge is 0.303 e. The van der Waals surface area contributed by atoms with Crippen LogP contribution in [-0.4, -0.2) is 16.2 Å². The molecule has 4 N–H and O–H groups in total. The van der Waals surface area contributed by atoms with Crippen LogP contribution in [0.4, 0.5) is 0 Å². The first kappa shape index (κ1) is 13.9. The van der Waals surface area contributed by atoms with E-state index in [1.807, 2.05) is 6.07 Å². The van der Waals surface area contributed by atoms with E-state index in [1.54, 1.807) is 6.07 Å². The van der Waals surface area contributed by atoms with Crippen LogP contribution in [0.15, 0.2) is 12.1 Å². The summed E-state index contributed by atoms with van der Waals surface area (Å²) < 4.78 is 0. The van der Waals surface area contributed by atoms with Gasteiger partial charge >= 0.3 is 5.97 Å². The largest absolute Gasteiger partial charge is 0.508 e. The normalized spacial score (nSPS) is 16.5. The number of nitrogens with two attached hydrogens (primary N) is 1. The molecular formula is C15H21NO3. The van der Waals surface area contributed by atoms with Crippen LogP contribution in [0.3, 0.4) is 0 Å². The Hall–Kier alpha value is -1.55. The molecule has 0 aliphatic heterocycles. The molecule has 1 aliphatic carbocycles. The maximum atomic E-state index is 10.6. The first-order chi connectivity index (χ1) is 9.09. The first-order valence-corrected chi connectivity index (χ1v) is 6.90. The number of phenolic OH excluding ortho intramolecular Hbond substituents is 1. The van der Waals surface area contributed by atoms with Gasteiger partial charge in [-0.1, -0.05) is 12.5 Å². The number of rotatable bonds is 4. The second kappa shape index (κ2) is 6.06. The van der Waals surface area contributed by atoms with E-state index in [0.717, 1.165) is 30.4 Å². The van der Waals surface area contributed by atoms with E-state index in [2.05, 4.69) is 0 Å². The molecule has 0 fully saturated rings. The minimum absolute atomic E-state index is 0.0320. The molecule has 0 radical (unpaired) electrons. The molecule has 0 saturated carbocycles.